The Labute approximate surface area is 121 Å². The van der Waals surface area contributed by atoms with Gasteiger partial charge >= 0.3 is 0 Å². The van der Waals surface area contributed by atoms with Crippen LogP contribution in [0.15, 0.2) is 30.3 Å². The van der Waals surface area contributed by atoms with Crippen LogP contribution < -0.4 is 0 Å². The first-order valence-corrected chi connectivity index (χ1v) is 7.86. The fraction of sp³-hybridized carbons (Fsp3) is 0.647. The minimum atomic E-state index is -0.162. The second-order valence-corrected chi connectivity index (χ2v) is 6.22. The van der Waals surface area contributed by atoms with Gasteiger partial charge in [-0.05, 0) is 25.3 Å². The lowest BCUT2D eigenvalue weighted by Gasteiger charge is -2.44. The molecule has 3 heteroatoms. The predicted molar refractivity (Wildman–Crippen MR) is 79.6 cm³/mol. The van der Waals surface area contributed by atoms with Gasteiger partial charge in [0.2, 0.25) is 0 Å². The zero-order chi connectivity index (χ0) is 13.9. The SMILES string of the molecule is CC1CN(C2CCCCC2O)CC(c2ccccc2)O1. The molecule has 3 rings (SSSR count). The van der Waals surface area contributed by atoms with Crippen LogP contribution in [0.1, 0.15) is 44.3 Å². The second-order valence-electron chi connectivity index (χ2n) is 6.22. The lowest BCUT2D eigenvalue weighted by molar-refractivity contribution is -0.110. The van der Waals surface area contributed by atoms with Crippen molar-refractivity contribution in [2.75, 3.05) is 13.1 Å². The standard InChI is InChI=1S/C17H25NO2/c1-13-11-18(15-9-5-6-10-16(15)19)12-17(20-13)14-7-3-2-4-8-14/h2-4,7-8,13,15-17,19H,5-6,9-12H2,1H3. The van der Waals surface area contributed by atoms with E-state index in [1.807, 2.05) is 6.07 Å². The largest absolute Gasteiger partial charge is 0.391 e. The van der Waals surface area contributed by atoms with Crippen molar-refractivity contribution in [3.63, 3.8) is 0 Å². The van der Waals surface area contributed by atoms with Gasteiger partial charge in [-0.1, -0.05) is 43.2 Å². The molecule has 2 fully saturated rings. The second kappa shape index (κ2) is 6.25. The van der Waals surface area contributed by atoms with Crippen LogP contribution in [-0.2, 0) is 4.74 Å². The van der Waals surface area contributed by atoms with E-state index in [1.54, 1.807) is 0 Å². The highest BCUT2D eigenvalue weighted by Gasteiger charge is 2.35. The highest BCUT2D eigenvalue weighted by molar-refractivity contribution is 5.18. The maximum Gasteiger partial charge on any atom is 0.0956 e. The Morgan fingerprint density at radius 1 is 1.10 bits per heavy atom. The fourth-order valence-corrected chi connectivity index (χ4v) is 3.62. The normalized spacial score (nSPS) is 35.9. The molecule has 3 nitrogen and oxygen atoms in total. The van der Waals surface area contributed by atoms with E-state index in [1.165, 1.54) is 18.4 Å². The van der Waals surface area contributed by atoms with Crippen molar-refractivity contribution in [2.24, 2.45) is 0 Å². The minimum Gasteiger partial charge on any atom is -0.391 e. The third kappa shape index (κ3) is 3.05. The van der Waals surface area contributed by atoms with Crippen LogP contribution in [0, 0.1) is 0 Å². The third-order valence-corrected chi connectivity index (χ3v) is 4.62. The maximum atomic E-state index is 10.3. The Hall–Kier alpha value is -0.900. The van der Waals surface area contributed by atoms with Crippen LogP contribution in [0.25, 0.3) is 0 Å². The molecular weight excluding hydrogens is 250 g/mol. The molecule has 1 heterocycles. The van der Waals surface area contributed by atoms with Crippen LogP contribution in [0.4, 0.5) is 0 Å². The van der Waals surface area contributed by atoms with Gasteiger partial charge in [0.15, 0.2) is 0 Å². The Morgan fingerprint density at radius 3 is 2.60 bits per heavy atom. The van der Waals surface area contributed by atoms with Gasteiger partial charge in [0.05, 0.1) is 18.3 Å². The highest BCUT2D eigenvalue weighted by Crippen LogP contribution is 2.30. The number of morpholine rings is 1. The average molecular weight is 275 g/mol. The van der Waals surface area contributed by atoms with Crippen LogP contribution in [0.5, 0.6) is 0 Å². The molecule has 0 bridgehead atoms. The fourth-order valence-electron chi connectivity index (χ4n) is 3.62. The van der Waals surface area contributed by atoms with Crippen molar-refractivity contribution in [3.8, 4) is 0 Å². The van der Waals surface area contributed by atoms with Gasteiger partial charge in [0.25, 0.3) is 0 Å². The zero-order valence-electron chi connectivity index (χ0n) is 12.2. The van der Waals surface area contributed by atoms with Gasteiger partial charge in [-0.2, -0.15) is 0 Å². The van der Waals surface area contributed by atoms with E-state index in [0.29, 0.717) is 6.04 Å². The summed E-state index contributed by atoms with van der Waals surface area (Å²) in [6.07, 6.45) is 4.67. The molecule has 1 N–H and O–H groups in total. The summed E-state index contributed by atoms with van der Waals surface area (Å²) in [5.74, 6) is 0. The summed E-state index contributed by atoms with van der Waals surface area (Å²) in [6.45, 7) is 3.97. The lowest BCUT2D eigenvalue weighted by Crippen LogP contribution is -2.53. The molecule has 2 aliphatic rings. The zero-order valence-corrected chi connectivity index (χ0v) is 12.2. The first-order chi connectivity index (χ1) is 9.74. The summed E-state index contributed by atoms with van der Waals surface area (Å²) in [5, 5.41) is 10.3. The van der Waals surface area contributed by atoms with Gasteiger partial charge < -0.3 is 9.84 Å². The van der Waals surface area contributed by atoms with Crippen molar-refractivity contribution in [3.05, 3.63) is 35.9 Å². The van der Waals surface area contributed by atoms with Gasteiger partial charge in [-0.15, -0.1) is 0 Å². The minimum absolute atomic E-state index is 0.133. The summed E-state index contributed by atoms with van der Waals surface area (Å²) < 4.78 is 6.11. The Kier molecular flexibility index (Phi) is 4.39. The van der Waals surface area contributed by atoms with Crippen LogP contribution in [0.2, 0.25) is 0 Å². The average Bonchev–Trinajstić information content (AvgIpc) is 2.48. The molecular formula is C17H25NO2. The molecule has 20 heavy (non-hydrogen) atoms. The molecule has 1 saturated carbocycles. The number of hydrogen-bond donors (Lipinski definition) is 1. The van der Waals surface area contributed by atoms with E-state index < -0.39 is 0 Å². The number of benzene rings is 1. The Morgan fingerprint density at radius 2 is 1.85 bits per heavy atom. The number of ether oxygens (including phenoxy) is 1. The molecule has 1 aromatic carbocycles. The van der Waals surface area contributed by atoms with Crippen molar-refractivity contribution in [1.29, 1.82) is 0 Å². The molecule has 1 aliphatic heterocycles. The van der Waals surface area contributed by atoms with E-state index in [0.717, 1.165) is 25.9 Å². The molecule has 110 valence electrons. The molecule has 4 atom stereocenters. The quantitative estimate of drug-likeness (QED) is 0.901. The summed E-state index contributed by atoms with van der Waals surface area (Å²) in [6, 6.07) is 10.8. The predicted octanol–water partition coefficient (Wildman–Crippen LogP) is 2.75. The number of rotatable bonds is 2. The van der Waals surface area contributed by atoms with Gasteiger partial charge in [0, 0.05) is 19.1 Å². The molecule has 0 aromatic heterocycles. The molecule has 0 amide bonds. The molecule has 1 aliphatic carbocycles. The first kappa shape index (κ1) is 14.1. The van der Waals surface area contributed by atoms with Gasteiger partial charge in [-0.25, -0.2) is 0 Å². The molecule has 4 unspecified atom stereocenters. The van der Waals surface area contributed by atoms with E-state index in [-0.39, 0.29) is 18.3 Å². The summed E-state index contributed by atoms with van der Waals surface area (Å²) in [4.78, 5) is 2.45. The van der Waals surface area contributed by atoms with Crippen LogP contribution >= 0.6 is 0 Å². The van der Waals surface area contributed by atoms with Crippen molar-refractivity contribution < 1.29 is 9.84 Å². The van der Waals surface area contributed by atoms with Crippen LogP contribution in [0.3, 0.4) is 0 Å². The van der Waals surface area contributed by atoms with E-state index in [9.17, 15) is 5.11 Å². The van der Waals surface area contributed by atoms with Gasteiger partial charge in [-0.3, -0.25) is 4.90 Å². The van der Waals surface area contributed by atoms with Crippen molar-refractivity contribution in [2.45, 2.75) is 57.0 Å². The third-order valence-electron chi connectivity index (χ3n) is 4.62. The number of aliphatic hydroxyl groups is 1. The first-order valence-electron chi connectivity index (χ1n) is 7.86. The van der Waals surface area contributed by atoms with Crippen LogP contribution in [-0.4, -0.2) is 41.3 Å². The monoisotopic (exact) mass is 275 g/mol. The summed E-state index contributed by atoms with van der Waals surface area (Å²) in [5.41, 5.74) is 1.24. The topological polar surface area (TPSA) is 32.7 Å². The number of nitrogens with zero attached hydrogens (tertiary/aromatic N) is 1. The smallest absolute Gasteiger partial charge is 0.0956 e. The Bertz CT molecular complexity index is 422. The number of aliphatic hydroxyl groups excluding tert-OH is 1. The van der Waals surface area contributed by atoms with E-state index in [2.05, 4.69) is 36.1 Å². The van der Waals surface area contributed by atoms with Gasteiger partial charge in [0.1, 0.15) is 0 Å². The Balaban J connectivity index is 1.73. The molecule has 1 aromatic rings. The van der Waals surface area contributed by atoms with E-state index >= 15 is 0 Å². The van der Waals surface area contributed by atoms with E-state index in [4.69, 9.17) is 4.74 Å². The maximum absolute atomic E-state index is 10.3. The summed E-state index contributed by atoms with van der Waals surface area (Å²) >= 11 is 0. The van der Waals surface area contributed by atoms with Crippen molar-refractivity contribution >= 4 is 0 Å². The molecule has 0 spiro atoms. The highest BCUT2D eigenvalue weighted by atomic mass is 16.5. The van der Waals surface area contributed by atoms with Crippen molar-refractivity contribution in [1.82, 2.24) is 4.90 Å². The number of hydrogen-bond acceptors (Lipinski definition) is 3. The molecule has 1 saturated heterocycles. The summed E-state index contributed by atoms with van der Waals surface area (Å²) in [7, 11) is 0. The lowest BCUT2D eigenvalue weighted by atomic mass is 9.90. The molecule has 0 radical (unpaired) electrons.